The lowest BCUT2D eigenvalue weighted by Crippen LogP contribution is -2.69. The number of ether oxygens (including phenoxy) is 1. The van der Waals surface area contributed by atoms with E-state index in [1.165, 1.54) is 31.2 Å². The number of nitrogens with one attached hydrogen (secondary N) is 3. The van der Waals surface area contributed by atoms with Crippen molar-refractivity contribution in [1.29, 1.82) is 0 Å². The number of nitrogens with zero attached hydrogens (tertiary/aromatic N) is 1. The van der Waals surface area contributed by atoms with Crippen LogP contribution in [-0.4, -0.2) is 43.7 Å². The highest BCUT2D eigenvalue weighted by atomic mass is 16.5. The van der Waals surface area contributed by atoms with Crippen molar-refractivity contribution >= 4 is 17.6 Å². The average Bonchev–Trinajstić information content (AvgIpc) is 3.38. The van der Waals surface area contributed by atoms with E-state index in [-0.39, 0.29) is 11.8 Å². The highest BCUT2D eigenvalue weighted by Crippen LogP contribution is 2.60. The minimum absolute atomic E-state index is 0.0803. The summed E-state index contributed by atoms with van der Waals surface area (Å²) in [4.78, 5) is 17.1. The molecule has 1 spiro atoms. The summed E-state index contributed by atoms with van der Waals surface area (Å²) < 4.78 is 6.12. The third-order valence-electron chi connectivity index (χ3n) is 7.50. The van der Waals surface area contributed by atoms with Gasteiger partial charge in [0, 0.05) is 48.6 Å². The molecule has 4 unspecified atom stereocenters. The molecule has 2 aliphatic carbocycles. The molecule has 156 valence electrons. The number of carbonyl (C=O) groups excluding carboxylic acids is 1. The van der Waals surface area contributed by atoms with Crippen LogP contribution in [0.5, 0.6) is 0 Å². The second-order valence-corrected chi connectivity index (χ2v) is 9.06. The van der Waals surface area contributed by atoms with Gasteiger partial charge in [0.2, 0.25) is 5.91 Å². The number of amides is 1. The van der Waals surface area contributed by atoms with Gasteiger partial charge in [0.25, 0.3) is 0 Å². The third-order valence-corrected chi connectivity index (χ3v) is 7.50. The Labute approximate surface area is 172 Å². The van der Waals surface area contributed by atoms with Gasteiger partial charge in [-0.15, -0.1) is 0 Å². The topological polar surface area (TPSA) is 74.8 Å². The lowest BCUT2D eigenvalue weighted by molar-refractivity contribution is -0.125. The van der Waals surface area contributed by atoms with E-state index in [0.29, 0.717) is 36.4 Å². The number of benzene rings is 1. The van der Waals surface area contributed by atoms with Gasteiger partial charge in [0.1, 0.15) is 0 Å². The summed E-state index contributed by atoms with van der Waals surface area (Å²) in [5, 5.41) is 10.2. The Morgan fingerprint density at radius 2 is 2.14 bits per heavy atom. The minimum atomic E-state index is 0.0803. The van der Waals surface area contributed by atoms with E-state index in [1.807, 2.05) is 18.2 Å². The van der Waals surface area contributed by atoms with Crippen LogP contribution in [0.25, 0.3) is 0 Å². The summed E-state index contributed by atoms with van der Waals surface area (Å²) in [5.74, 6) is 1.70. The van der Waals surface area contributed by atoms with Crippen LogP contribution in [0.1, 0.15) is 56.9 Å². The first kappa shape index (κ1) is 18.9. The number of hydrogen-bond donors (Lipinski definition) is 3. The fourth-order valence-electron chi connectivity index (χ4n) is 6.24. The maximum atomic E-state index is 12.1. The zero-order valence-corrected chi connectivity index (χ0v) is 17.2. The van der Waals surface area contributed by atoms with Crippen LogP contribution >= 0.6 is 0 Å². The molecule has 3 fully saturated rings. The van der Waals surface area contributed by atoms with E-state index in [2.05, 4.69) is 28.9 Å². The fourth-order valence-corrected chi connectivity index (χ4v) is 6.24. The molecule has 4 aliphatic rings. The van der Waals surface area contributed by atoms with Gasteiger partial charge in [-0.05, 0) is 37.8 Å². The predicted octanol–water partition coefficient (Wildman–Crippen LogP) is 3.02. The van der Waals surface area contributed by atoms with Gasteiger partial charge in [0.15, 0.2) is 5.96 Å². The normalized spacial score (nSPS) is 32.3. The summed E-state index contributed by atoms with van der Waals surface area (Å²) in [7, 11) is 0. The van der Waals surface area contributed by atoms with E-state index in [0.717, 1.165) is 31.2 Å². The lowest BCUT2D eigenvalue weighted by Gasteiger charge is -2.57. The monoisotopic (exact) mass is 396 g/mol. The molecule has 1 amide bonds. The van der Waals surface area contributed by atoms with Gasteiger partial charge >= 0.3 is 0 Å². The van der Waals surface area contributed by atoms with Gasteiger partial charge in [-0.25, -0.2) is 0 Å². The number of rotatable bonds is 4. The maximum absolute atomic E-state index is 12.1. The number of anilines is 1. The molecule has 5 rings (SSSR count). The molecule has 0 bridgehead atoms. The smallest absolute Gasteiger partial charge is 0.225 e. The molecule has 6 nitrogen and oxygen atoms in total. The van der Waals surface area contributed by atoms with Crippen LogP contribution in [0.15, 0.2) is 29.3 Å². The third kappa shape index (κ3) is 3.21. The standard InChI is InChI=1S/C23H32N4O2/c1-2-24-22(25-14-15-13-19(28)26-18-8-4-3-7-16(15)18)27-20-17-9-12-29-21(17)23(20)10-5-6-11-23/h3-4,7-8,15,17,20-21H,2,5-6,9-14H2,1H3,(H,26,28)(H2,24,25,27). The predicted molar refractivity (Wildman–Crippen MR) is 114 cm³/mol. The summed E-state index contributed by atoms with van der Waals surface area (Å²) in [5.41, 5.74) is 2.41. The van der Waals surface area contributed by atoms with Crippen LogP contribution in [0.2, 0.25) is 0 Å². The Kier molecular flexibility index (Phi) is 4.98. The number of guanidine groups is 1. The summed E-state index contributed by atoms with van der Waals surface area (Å²) >= 11 is 0. The van der Waals surface area contributed by atoms with Gasteiger partial charge in [-0.1, -0.05) is 31.0 Å². The van der Waals surface area contributed by atoms with E-state index in [4.69, 9.17) is 9.73 Å². The minimum Gasteiger partial charge on any atom is -0.377 e. The van der Waals surface area contributed by atoms with Gasteiger partial charge in [0.05, 0.1) is 12.6 Å². The van der Waals surface area contributed by atoms with Crippen LogP contribution in [-0.2, 0) is 9.53 Å². The lowest BCUT2D eigenvalue weighted by atomic mass is 9.54. The molecule has 3 N–H and O–H groups in total. The number of fused-ring (bicyclic) bond motifs is 3. The quantitative estimate of drug-likeness (QED) is 0.540. The average molecular weight is 397 g/mol. The summed E-state index contributed by atoms with van der Waals surface area (Å²) in [6.07, 6.45) is 7.24. The molecule has 2 aliphatic heterocycles. The number of hydrogen-bond acceptors (Lipinski definition) is 3. The van der Waals surface area contributed by atoms with Crippen LogP contribution in [0.4, 0.5) is 5.69 Å². The van der Waals surface area contributed by atoms with Crippen molar-refractivity contribution < 1.29 is 9.53 Å². The highest BCUT2D eigenvalue weighted by Gasteiger charge is 2.65. The van der Waals surface area contributed by atoms with Crippen molar-refractivity contribution in [1.82, 2.24) is 10.6 Å². The van der Waals surface area contributed by atoms with Crippen molar-refractivity contribution in [2.75, 3.05) is 25.0 Å². The molecule has 1 saturated heterocycles. The van der Waals surface area contributed by atoms with Crippen molar-refractivity contribution in [2.45, 2.75) is 63.5 Å². The molecule has 6 heteroatoms. The van der Waals surface area contributed by atoms with Gasteiger partial charge in [-0.3, -0.25) is 9.79 Å². The Hall–Kier alpha value is -2.08. The SMILES string of the molecule is CCNC(=NCC1CC(=O)Nc2ccccc21)NC1C2CCOC2C12CCCC2. The fraction of sp³-hybridized carbons (Fsp3) is 0.652. The second-order valence-electron chi connectivity index (χ2n) is 9.06. The molecule has 1 aromatic rings. The van der Waals surface area contributed by atoms with Crippen LogP contribution < -0.4 is 16.0 Å². The summed E-state index contributed by atoms with van der Waals surface area (Å²) in [6, 6.07) is 8.54. The number of para-hydroxylation sites is 1. The zero-order valence-electron chi connectivity index (χ0n) is 17.2. The van der Waals surface area contributed by atoms with Crippen molar-refractivity contribution in [2.24, 2.45) is 16.3 Å². The van der Waals surface area contributed by atoms with E-state index >= 15 is 0 Å². The van der Waals surface area contributed by atoms with Gasteiger partial charge in [-0.2, -0.15) is 0 Å². The molecule has 0 aromatic heterocycles. The second kappa shape index (κ2) is 7.63. The molecule has 2 heterocycles. The Morgan fingerprint density at radius 1 is 1.31 bits per heavy atom. The molecule has 4 atom stereocenters. The molecular formula is C23H32N4O2. The largest absolute Gasteiger partial charge is 0.377 e. The van der Waals surface area contributed by atoms with Gasteiger partial charge < -0.3 is 20.7 Å². The first-order chi connectivity index (χ1) is 14.2. The maximum Gasteiger partial charge on any atom is 0.225 e. The molecule has 0 radical (unpaired) electrons. The van der Waals surface area contributed by atoms with E-state index in [1.54, 1.807) is 0 Å². The summed E-state index contributed by atoms with van der Waals surface area (Å²) in [6.45, 7) is 4.45. The molecular weight excluding hydrogens is 364 g/mol. The van der Waals surface area contributed by atoms with Crippen molar-refractivity contribution in [3.8, 4) is 0 Å². The van der Waals surface area contributed by atoms with Crippen molar-refractivity contribution in [3.05, 3.63) is 29.8 Å². The molecule has 2 saturated carbocycles. The zero-order chi connectivity index (χ0) is 19.8. The van der Waals surface area contributed by atoms with Crippen molar-refractivity contribution in [3.63, 3.8) is 0 Å². The Balaban J connectivity index is 1.33. The first-order valence-electron chi connectivity index (χ1n) is 11.3. The number of aliphatic imine (C=N–C) groups is 1. The van der Waals surface area contributed by atoms with Crippen LogP contribution in [0, 0.1) is 11.3 Å². The molecule has 29 heavy (non-hydrogen) atoms. The highest BCUT2D eigenvalue weighted by molar-refractivity contribution is 5.94. The van der Waals surface area contributed by atoms with Crippen LogP contribution in [0.3, 0.4) is 0 Å². The van der Waals surface area contributed by atoms with E-state index < -0.39 is 0 Å². The Morgan fingerprint density at radius 3 is 2.97 bits per heavy atom. The van der Waals surface area contributed by atoms with E-state index in [9.17, 15) is 4.79 Å². The molecule has 1 aromatic carbocycles. The first-order valence-corrected chi connectivity index (χ1v) is 11.3. The number of carbonyl (C=O) groups is 1. The Bertz CT molecular complexity index is 802.